The Morgan fingerprint density at radius 1 is 0.960 bits per heavy atom. The second-order valence-corrected chi connectivity index (χ2v) is 6.57. The van der Waals surface area contributed by atoms with Gasteiger partial charge in [-0.15, -0.1) is 0 Å². The summed E-state index contributed by atoms with van der Waals surface area (Å²) in [6.07, 6.45) is 3.15. The molecule has 0 saturated carbocycles. The maximum atomic E-state index is 13.0. The van der Waals surface area contributed by atoms with Crippen LogP contribution >= 0.6 is 23.2 Å². The zero-order chi connectivity index (χ0) is 17.8. The van der Waals surface area contributed by atoms with Gasteiger partial charge in [-0.25, -0.2) is 4.39 Å². The van der Waals surface area contributed by atoms with Crippen molar-refractivity contribution < 1.29 is 9.18 Å². The lowest BCUT2D eigenvalue weighted by Crippen LogP contribution is -2.48. The van der Waals surface area contributed by atoms with E-state index in [-0.39, 0.29) is 11.7 Å². The van der Waals surface area contributed by atoms with Gasteiger partial charge in [0.15, 0.2) is 0 Å². The molecule has 0 unspecified atom stereocenters. The van der Waals surface area contributed by atoms with E-state index in [4.69, 9.17) is 23.2 Å². The predicted octanol–water partition coefficient (Wildman–Crippen LogP) is 4.49. The van der Waals surface area contributed by atoms with Crippen LogP contribution < -0.4 is 4.90 Å². The van der Waals surface area contributed by atoms with E-state index in [0.29, 0.717) is 41.8 Å². The first-order valence-corrected chi connectivity index (χ1v) is 8.72. The van der Waals surface area contributed by atoms with E-state index in [1.165, 1.54) is 18.2 Å². The fourth-order valence-electron chi connectivity index (χ4n) is 2.77. The normalized spacial score (nSPS) is 15.0. The molecule has 0 N–H and O–H groups in total. The molecule has 1 amide bonds. The molecule has 6 heteroatoms. The van der Waals surface area contributed by atoms with E-state index in [2.05, 4.69) is 4.90 Å². The summed E-state index contributed by atoms with van der Waals surface area (Å²) in [6, 6.07) is 11.6. The van der Waals surface area contributed by atoms with Crippen LogP contribution in [0.2, 0.25) is 10.0 Å². The molecule has 0 aliphatic carbocycles. The molecule has 0 aromatic heterocycles. The Morgan fingerprint density at radius 3 is 2.16 bits per heavy atom. The number of carbonyl (C=O) groups excluding carboxylic acids is 1. The standard InChI is InChI=1S/C19H17Cl2FN2O/c20-17-2-1-3-18(21)16(17)8-9-19(25)24-12-10-23(11-13-24)15-6-4-14(22)5-7-15/h1-9H,10-13H2/b9-8-. The van der Waals surface area contributed by atoms with Gasteiger partial charge in [0.1, 0.15) is 5.82 Å². The van der Waals surface area contributed by atoms with Gasteiger partial charge in [-0.3, -0.25) is 4.79 Å². The number of halogens is 3. The van der Waals surface area contributed by atoms with Gasteiger partial charge >= 0.3 is 0 Å². The molecule has 1 heterocycles. The lowest BCUT2D eigenvalue weighted by molar-refractivity contribution is -0.126. The number of hydrogen-bond donors (Lipinski definition) is 0. The third kappa shape index (κ3) is 4.33. The third-order valence-electron chi connectivity index (χ3n) is 4.18. The largest absolute Gasteiger partial charge is 0.368 e. The second-order valence-electron chi connectivity index (χ2n) is 5.76. The number of anilines is 1. The van der Waals surface area contributed by atoms with Crippen molar-refractivity contribution in [1.82, 2.24) is 4.90 Å². The average molecular weight is 379 g/mol. The first-order chi connectivity index (χ1) is 12.0. The summed E-state index contributed by atoms with van der Waals surface area (Å²) in [6.45, 7) is 2.63. The van der Waals surface area contributed by atoms with E-state index in [1.807, 2.05) is 0 Å². The monoisotopic (exact) mass is 378 g/mol. The van der Waals surface area contributed by atoms with E-state index < -0.39 is 0 Å². The molecule has 1 aliphatic heterocycles. The van der Waals surface area contributed by atoms with Crippen molar-refractivity contribution in [3.05, 3.63) is 70.0 Å². The van der Waals surface area contributed by atoms with E-state index in [0.717, 1.165) is 5.69 Å². The molecule has 1 aliphatic rings. The van der Waals surface area contributed by atoms with Crippen molar-refractivity contribution in [2.24, 2.45) is 0 Å². The third-order valence-corrected chi connectivity index (χ3v) is 4.83. The highest BCUT2D eigenvalue weighted by molar-refractivity contribution is 6.37. The minimum Gasteiger partial charge on any atom is -0.368 e. The molecule has 130 valence electrons. The molecule has 0 spiro atoms. The summed E-state index contributed by atoms with van der Waals surface area (Å²) in [5.41, 5.74) is 1.61. The Labute approximate surface area is 156 Å². The molecular formula is C19H17Cl2FN2O. The Kier molecular flexibility index (Phi) is 5.61. The van der Waals surface area contributed by atoms with Gasteiger partial charge in [-0.2, -0.15) is 0 Å². The van der Waals surface area contributed by atoms with Crippen LogP contribution in [0.25, 0.3) is 6.08 Å². The number of nitrogens with zero attached hydrogens (tertiary/aromatic N) is 2. The molecule has 3 nitrogen and oxygen atoms in total. The summed E-state index contributed by atoms with van der Waals surface area (Å²) >= 11 is 12.2. The zero-order valence-electron chi connectivity index (χ0n) is 13.5. The highest BCUT2D eigenvalue weighted by Gasteiger charge is 2.20. The minimum absolute atomic E-state index is 0.0743. The summed E-state index contributed by atoms with van der Waals surface area (Å²) in [5, 5.41) is 1.02. The van der Waals surface area contributed by atoms with Crippen LogP contribution in [0.3, 0.4) is 0 Å². The first-order valence-electron chi connectivity index (χ1n) is 7.96. The second kappa shape index (κ2) is 7.89. The Bertz CT molecular complexity index is 764. The molecule has 25 heavy (non-hydrogen) atoms. The van der Waals surface area contributed by atoms with Crippen LogP contribution in [0.1, 0.15) is 5.56 Å². The number of benzene rings is 2. The van der Waals surface area contributed by atoms with Crippen molar-refractivity contribution in [3.63, 3.8) is 0 Å². The number of carbonyl (C=O) groups is 1. The molecular weight excluding hydrogens is 362 g/mol. The maximum Gasteiger partial charge on any atom is 0.246 e. The average Bonchev–Trinajstić information content (AvgIpc) is 2.62. The van der Waals surface area contributed by atoms with E-state index >= 15 is 0 Å². The SMILES string of the molecule is O=C(/C=C\c1c(Cl)cccc1Cl)N1CCN(c2ccc(F)cc2)CC1. The van der Waals surface area contributed by atoms with Crippen molar-refractivity contribution >= 4 is 40.9 Å². The van der Waals surface area contributed by atoms with Crippen LogP contribution in [-0.4, -0.2) is 37.0 Å². The summed E-state index contributed by atoms with van der Waals surface area (Å²) in [4.78, 5) is 16.3. The van der Waals surface area contributed by atoms with Crippen molar-refractivity contribution in [2.45, 2.75) is 0 Å². The lowest BCUT2D eigenvalue weighted by atomic mass is 10.2. The van der Waals surface area contributed by atoms with Gasteiger partial charge in [0, 0.05) is 53.6 Å². The fraction of sp³-hybridized carbons (Fsp3) is 0.211. The Balaban J connectivity index is 1.60. The Hall–Kier alpha value is -2.04. The molecule has 0 radical (unpaired) electrons. The van der Waals surface area contributed by atoms with E-state index in [9.17, 15) is 9.18 Å². The van der Waals surface area contributed by atoms with Crippen molar-refractivity contribution in [2.75, 3.05) is 31.1 Å². The van der Waals surface area contributed by atoms with Gasteiger partial charge in [-0.1, -0.05) is 29.3 Å². The zero-order valence-corrected chi connectivity index (χ0v) is 15.0. The highest BCUT2D eigenvalue weighted by atomic mass is 35.5. The number of piperazine rings is 1. The van der Waals surface area contributed by atoms with Crippen LogP contribution in [0, 0.1) is 5.82 Å². The smallest absolute Gasteiger partial charge is 0.246 e. The molecule has 0 atom stereocenters. The van der Waals surface area contributed by atoms with Crippen molar-refractivity contribution in [1.29, 1.82) is 0 Å². The molecule has 2 aromatic rings. The quantitative estimate of drug-likeness (QED) is 0.734. The number of hydrogen-bond acceptors (Lipinski definition) is 2. The maximum absolute atomic E-state index is 13.0. The lowest BCUT2D eigenvalue weighted by Gasteiger charge is -2.35. The predicted molar refractivity (Wildman–Crippen MR) is 101 cm³/mol. The van der Waals surface area contributed by atoms with Crippen LogP contribution in [-0.2, 0) is 4.79 Å². The number of rotatable bonds is 3. The van der Waals surface area contributed by atoms with E-state index in [1.54, 1.807) is 41.3 Å². The van der Waals surface area contributed by atoms with Crippen LogP contribution in [0.5, 0.6) is 0 Å². The number of amides is 1. The molecule has 1 fully saturated rings. The summed E-state index contributed by atoms with van der Waals surface area (Å²) in [7, 11) is 0. The fourth-order valence-corrected chi connectivity index (χ4v) is 3.29. The van der Waals surface area contributed by atoms with Gasteiger partial charge in [0.25, 0.3) is 0 Å². The molecule has 3 rings (SSSR count). The van der Waals surface area contributed by atoms with Crippen LogP contribution in [0.4, 0.5) is 10.1 Å². The van der Waals surface area contributed by atoms with Crippen molar-refractivity contribution in [3.8, 4) is 0 Å². The van der Waals surface area contributed by atoms with Gasteiger partial charge in [0.05, 0.1) is 0 Å². The highest BCUT2D eigenvalue weighted by Crippen LogP contribution is 2.25. The van der Waals surface area contributed by atoms with Gasteiger partial charge in [-0.05, 0) is 42.5 Å². The van der Waals surface area contributed by atoms with Crippen LogP contribution in [0.15, 0.2) is 48.5 Å². The molecule has 2 aromatic carbocycles. The summed E-state index contributed by atoms with van der Waals surface area (Å²) < 4.78 is 13.0. The molecule has 1 saturated heterocycles. The summed E-state index contributed by atoms with van der Waals surface area (Å²) in [5.74, 6) is -0.323. The first kappa shape index (κ1) is 17.8. The topological polar surface area (TPSA) is 23.6 Å². The minimum atomic E-state index is -0.249. The Morgan fingerprint density at radius 2 is 1.56 bits per heavy atom. The van der Waals surface area contributed by atoms with Gasteiger partial charge in [0.2, 0.25) is 5.91 Å². The molecule has 0 bridgehead atoms. The van der Waals surface area contributed by atoms with Gasteiger partial charge < -0.3 is 9.80 Å².